The highest BCUT2D eigenvalue weighted by Gasteiger charge is 2.28. The third-order valence-electron chi connectivity index (χ3n) is 7.30. The normalized spacial score (nSPS) is 14.4. The van der Waals surface area contributed by atoms with Gasteiger partial charge in [0.25, 0.3) is 5.56 Å². The molecule has 1 fully saturated rings. The van der Waals surface area contributed by atoms with Gasteiger partial charge in [-0.3, -0.25) is 13.9 Å². The van der Waals surface area contributed by atoms with Crippen LogP contribution in [0, 0.1) is 5.92 Å². The molecule has 0 unspecified atom stereocenters. The third-order valence-corrected chi connectivity index (χ3v) is 7.53. The lowest BCUT2D eigenvalue weighted by molar-refractivity contribution is 0.0177. The van der Waals surface area contributed by atoms with Crippen molar-refractivity contribution >= 4 is 28.6 Å². The molecule has 0 aliphatic carbocycles. The van der Waals surface area contributed by atoms with Crippen LogP contribution < -0.4 is 11.2 Å². The molecule has 0 atom stereocenters. The number of likely N-dealkylation sites (tertiary alicyclic amines) is 1. The van der Waals surface area contributed by atoms with Gasteiger partial charge in [0.1, 0.15) is 5.60 Å². The molecular formula is C32H34ClN3O4. The van der Waals surface area contributed by atoms with Crippen LogP contribution in [0.5, 0.6) is 0 Å². The highest BCUT2D eigenvalue weighted by atomic mass is 35.5. The molecule has 0 saturated carbocycles. The van der Waals surface area contributed by atoms with Crippen LogP contribution in [-0.2, 0) is 17.8 Å². The Hall–Kier alpha value is -3.84. The van der Waals surface area contributed by atoms with Crippen molar-refractivity contribution in [2.45, 2.75) is 52.3 Å². The van der Waals surface area contributed by atoms with E-state index in [0.29, 0.717) is 48.4 Å². The Kier molecular flexibility index (Phi) is 7.86. The van der Waals surface area contributed by atoms with E-state index in [0.717, 1.165) is 16.7 Å². The van der Waals surface area contributed by atoms with Crippen LogP contribution in [0.25, 0.3) is 22.0 Å². The van der Waals surface area contributed by atoms with E-state index >= 15 is 0 Å². The van der Waals surface area contributed by atoms with Crippen molar-refractivity contribution in [3.8, 4) is 11.1 Å². The fourth-order valence-corrected chi connectivity index (χ4v) is 5.38. The average Bonchev–Trinajstić information content (AvgIpc) is 2.94. The van der Waals surface area contributed by atoms with E-state index in [1.807, 2.05) is 63.2 Å². The van der Waals surface area contributed by atoms with E-state index in [9.17, 15) is 14.4 Å². The predicted molar refractivity (Wildman–Crippen MR) is 159 cm³/mol. The third kappa shape index (κ3) is 6.15. The molecule has 40 heavy (non-hydrogen) atoms. The number of halogens is 1. The minimum Gasteiger partial charge on any atom is -0.444 e. The maximum atomic E-state index is 13.8. The number of carbonyl (C=O) groups excluding carboxylic acids is 1. The monoisotopic (exact) mass is 559 g/mol. The fourth-order valence-electron chi connectivity index (χ4n) is 5.21. The van der Waals surface area contributed by atoms with Gasteiger partial charge < -0.3 is 9.64 Å². The van der Waals surface area contributed by atoms with Gasteiger partial charge in [0.15, 0.2) is 0 Å². The highest BCUT2D eigenvalue weighted by molar-refractivity contribution is 6.31. The number of fused-ring (bicyclic) bond motifs is 1. The van der Waals surface area contributed by atoms with E-state index in [2.05, 4.69) is 12.1 Å². The first-order valence-electron chi connectivity index (χ1n) is 13.6. The first-order chi connectivity index (χ1) is 19.1. The summed E-state index contributed by atoms with van der Waals surface area (Å²) in [7, 11) is 0. The Labute approximate surface area is 238 Å². The quantitative estimate of drug-likeness (QED) is 0.293. The standard InChI is InChI=1S/C32H34ClN3O4/c1-32(2,3)40-31(39)34-17-15-23(16-18-34)21-36-29(37)27-19-26(33)13-14-28(27)35(30(36)38)20-22-9-11-25(12-10-22)24-7-5-4-6-8-24/h4-14,19,23H,15-18,20-21H2,1-3H3. The number of hydrogen-bond acceptors (Lipinski definition) is 4. The largest absolute Gasteiger partial charge is 0.444 e. The lowest BCUT2D eigenvalue weighted by Gasteiger charge is -2.33. The summed E-state index contributed by atoms with van der Waals surface area (Å²) in [5, 5.41) is 0.860. The highest BCUT2D eigenvalue weighted by Crippen LogP contribution is 2.23. The molecule has 0 spiro atoms. The van der Waals surface area contributed by atoms with Crippen LogP contribution in [-0.4, -0.2) is 38.8 Å². The lowest BCUT2D eigenvalue weighted by Crippen LogP contribution is -2.45. The molecule has 1 aromatic heterocycles. The summed E-state index contributed by atoms with van der Waals surface area (Å²) in [5.74, 6) is 0.0827. The van der Waals surface area contributed by atoms with Crippen molar-refractivity contribution in [3.63, 3.8) is 0 Å². The minimum absolute atomic E-state index is 0.0827. The second kappa shape index (κ2) is 11.3. The van der Waals surface area contributed by atoms with Crippen molar-refractivity contribution in [3.05, 3.63) is 104 Å². The molecule has 1 aliphatic rings. The predicted octanol–water partition coefficient (Wildman–Crippen LogP) is 6.18. The Bertz CT molecular complexity index is 1630. The summed E-state index contributed by atoms with van der Waals surface area (Å²) in [6, 6.07) is 23.3. The van der Waals surface area contributed by atoms with Crippen molar-refractivity contribution < 1.29 is 9.53 Å². The van der Waals surface area contributed by atoms with Crippen molar-refractivity contribution in [1.82, 2.24) is 14.0 Å². The number of benzene rings is 3. The Balaban J connectivity index is 1.41. The van der Waals surface area contributed by atoms with Crippen LogP contribution in [0.2, 0.25) is 5.02 Å². The van der Waals surface area contributed by atoms with Crippen molar-refractivity contribution in [2.75, 3.05) is 13.1 Å². The molecule has 1 amide bonds. The van der Waals surface area contributed by atoms with Gasteiger partial charge in [0.05, 0.1) is 17.4 Å². The van der Waals surface area contributed by atoms with Crippen LogP contribution >= 0.6 is 11.6 Å². The minimum atomic E-state index is -0.555. The number of rotatable bonds is 5. The molecule has 1 saturated heterocycles. The molecule has 5 rings (SSSR count). The molecule has 2 heterocycles. The Morgan fingerprint density at radius 3 is 2.20 bits per heavy atom. The molecular weight excluding hydrogens is 526 g/mol. The zero-order valence-corrected chi connectivity index (χ0v) is 23.9. The maximum Gasteiger partial charge on any atom is 0.410 e. The topological polar surface area (TPSA) is 73.5 Å². The van der Waals surface area contributed by atoms with Crippen LogP contribution in [0.15, 0.2) is 82.4 Å². The smallest absolute Gasteiger partial charge is 0.410 e. The summed E-state index contributed by atoms with van der Waals surface area (Å²) in [5.41, 5.74) is 2.49. The summed E-state index contributed by atoms with van der Waals surface area (Å²) in [4.78, 5) is 41.5. The van der Waals surface area contributed by atoms with Crippen molar-refractivity contribution in [2.24, 2.45) is 5.92 Å². The molecule has 208 valence electrons. The van der Waals surface area contributed by atoms with E-state index in [1.165, 1.54) is 4.57 Å². The van der Waals surface area contributed by atoms with Gasteiger partial charge >= 0.3 is 11.8 Å². The number of nitrogens with zero attached hydrogens (tertiary/aromatic N) is 3. The van der Waals surface area contributed by atoms with Gasteiger partial charge in [0, 0.05) is 24.7 Å². The summed E-state index contributed by atoms with van der Waals surface area (Å²) in [6.07, 6.45) is 1.03. The van der Waals surface area contributed by atoms with Gasteiger partial charge in [-0.25, -0.2) is 9.59 Å². The Morgan fingerprint density at radius 1 is 0.900 bits per heavy atom. The Morgan fingerprint density at radius 2 is 1.55 bits per heavy atom. The second-order valence-electron chi connectivity index (χ2n) is 11.4. The van der Waals surface area contributed by atoms with E-state index in [1.54, 1.807) is 27.7 Å². The number of carbonyl (C=O) groups is 1. The summed E-state index contributed by atoms with van der Waals surface area (Å²) in [6.45, 7) is 7.19. The zero-order valence-electron chi connectivity index (χ0n) is 23.1. The molecule has 4 aromatic rings. The average molecular weight is 560 g/mol. The zero-order chi connectivity index (χ0) is 28.4. The number of piperidine rings is 1. The van der Waals surface area contributed by atoms with Crippen LogP contribution in [0.4, 0.5) is 4.79 Å². The number of ether oxygens (including phenoxy) is 1. The molecule has 8 heteroatoms. The van der Waals surface area contributed by atoms with Crippen LogP contribution in [0.1, 0.15) is 39.2 Å². The SMILES string of the molecule is CC(C)(C)OC(=O)N1CCC(Cn2c(=O)c3cc(Cl)ccc3n(Cc3ccc(-c4ccccc4)cc3)c2=O)CC1. The van der Waals surface area contributed by atoms with E-state index in [4.69, 9.17) is 16.3 Å². The number of aromatic nitrogens is 2. The second-order valence-corrected chi connectivity index (χ2v) is 11.9. The van der Waals surface area contributed by atoms with Gasteiger partial charge in [-0.15, -0.1) is 0 Å². The van der Waals surface area contributed by atoms with E-state index in [-0.39, 0.29) is 29.8 Å². The number of hydrogen-bond donors (Lipinski definition) is 0. The lowest BCUT2D eigenvalue weighted by atomic mass is 9.97. The molecule has 0 bridgehead atoms. The molecule has 0 N–H and O–H groups in total. The first kappa shape index (κ1) is 27.7. The van der Waals surface area contributed by atoms with Gasteiger partial charge in [-0.1, -0.05) is 66.2 Å². The molecule has 7 nitrogen and oxygen atoms in total. The van der Waals surface area contributed by atoms with Crippen molar-refractivity contribution in [1.29, 1.82) is 0 Å². The molecule has 3 aromatic carbocycles. The van der Waals surface area contributed by atoms with E-state index < -0.39 is 5.60 Å². The maximum absolute atomic E-state index is 13.8. The molecule has 1 aliphatic heterocycles. The first-order valence-corrected chi connectivity index (χ1v) is 14.0. The van der Waals surface area contributed by atoms with Crippen LogP contribution in [0.3, 0.4) is 0 Å². The summed E-state index contributed by atoms with van der Waals surface area (Å²) < 4.78 is 8.49. The molecule has 0 radical (unpaired) electrons. The fraction of sp³-hybridized carbons (Fsp3) is 0.344. The van der Waals surface area contributed by atoms with Gasteiger partial charge in [-0.05, 0) is 74.4 Å². The van der Waals surface area contributed by atoms with Gasteiger partial charge in [-0.2, -0.15) is 0 Å². The summed E-state index contributed by atoms with van der Waals surface area (Å²) >= 11 is 6.27. The number of amides is 1. The van der Waals surface area contributed by atoms with Gasteiger partial charge in [0.2, 0.25) is 0 Å².